The van der Waals surface area contributed by atoms with Gasteiger partial charge in [0.15, 0.2) is 0 Å². The second-order valence-electron chi connectivity index (χ2n) is 2.52. The van der Waals surface area contributed by atoms with E-state index in [0.717, 1.165) is 6.42 Å². The predicted octanol–water partition coefficient (Wildman–Crippen LogP) is 1.37. The van der Waals surface area contributed by atoms with Crippen molar-refractivity contribution in [3.05, 3.63) is 0 Å². The first-order valence-electron chi connectivity index (χ1n) is 4.06. The minimum absolute atomic E-state index is 0.171. The van der Waals surface area contributed by atoms with Gasteiger partial charge in [-0.2, -0.15) is 0 Å². The second kappa shape index (κ2) is 8.90. The summed E-state index contributed by atoms with van der Waals surface area (Å²) < 4.78 is 26.8. The van der Waals surface area contributed by atoms with Crippen molar-refractivity contribution in [2.75, 3.05) is 33.7 Å². The van der Waals surface area contributed by atoms with Crippen LogP contribution in [-0.4, -0.2) is 39.9 Å². The minimum Gasteiger partial charge on any atom is -0.378 e. The molecular formula is C8H17FO3. The quantitative estimate of drug-likeness (QED) is 0.417. The van der Waals surface area contributed by atoms with Gasteiger partial charge in [-0.1, -0.05) is 0 Å². The molecule has 0 aliphatic carbocycles. The van der Waals surface area contributed by atoms with Crippen LogP contribution in [0.15, 0.2) is 0 Å². The largest absolute Gasteiger partial charge is 0.378 e. The Hall–Kier alpha value is -0.190. The predicted molar refractivity (Wildman–Crippen MR) is 43.8 cm³/mol. The maximum Gasteiger partial charge on any atom is 0.146 e. The third kappa shape index (κ3) is 9.81. The zero-order valence-electron chi connectivity index (χ0n) is 7.72. The number of alkyl halides is 1. The van der Waals surface area contributed by atoms with Crippen molar-refractivity contribution in [3.63, 3.8) is 0 Å². The molecule has 0 radical (unpaired) electrons. The van der Waals surface area contributed by atoms with E-state index in [1.165, 1.54) is 6.92 Å². The monoisotopic (exact) mass is 180 g/mol. The summed E-state index contributed by atoms with van der Waals surface area (Å²) in [6.07, 6.45) is -0.110. The van der Waals surface area contributed by atoms with E-state index in [4.69, 9.17) is 9.47 Å². The summed E-state index contributed by atoms with van der Waals surface area (Å²) in [7, 11) is 1.57. The molecule has 0 aromatic heterocycles. The molecule has 0 bridgehead atoms. The average molecular weight is 180 g/mol. The van der Waals surface area contributed by atoms with Gasteiger partial charge in [-0.3, -0.25) is 0 Å². The highest BCUT2D eigenvalue weighted by Crippen LogP contribution is 1.91. The van der Waals surface area contributed by atoms with Crippen LogP contribution in [0.1, 0.15) is 13.3 Å². The second-order valence-corrected chi connectivity index (χ2v) is 2.52. The topological polar surface area (TPSA) is 27.7 Å². The van der Waals surface area contributed by atoms with Crippen molar-refractivity contribution < 1.29 is 18.6 Å². The normalized spacial score (nSPS) is 13.2. The van der Waals surface area contributed by atoms with E-state index >= 15 is 0 Å². The van der Waals surface area contributed by atoms with Crippen LogP contribution in [0.25, 0.3) is 0 Å². The summed E-state index contributed by atoms with van der Waals surface area (Å²) in [5, 5.41) is 0. The van der Waals surface area contributed by atoms with E-state index in [0.29, 0.717) is 20.0 Å². The molecule has 4 heteroatoms. The molecule has 1 atom stereocenters. The summed E-state index contributed by atoms with van der Waals surface area (Å²) in [5.74, 6) is 0. The molecule has 0 aliphatic heterocycles. The van der Waals surface area contributed by atoms with Gasteiger partial charge in [-0.25, -0.2) is 4.39 Å². The minimum atomic E-state index is -0.884. The standard InChI is InChI=1S/C8H17FO3/c1-8(9)6-11-4-3-5-12-7-10-2/h8H,3-7H2,1-2H3. The van der Waals surface area contributed by atoms with Crippen molar-refractivity contribution in [1.82, 2.24) is 0 Å². The van der Waals surface area contributed by atoms with Gasteiger partial charge in [0.05, 0.1) is 13.2 Å². The van der Waals surface area contributed by atoms with Crippen LogP contribution in [0.3, 0.4) is 0 Å². The van der Waals surface area contributed by atoms with Crippen molar-refractivity contribution in [3.8, 4) is 0 Å². The van der Waals surface area contributed by atoms with E-state index in [1.807, 2.05) is 0 Å². The molecule has 0 aliphatic rings. The van der Waals surface area contributed by atoms with Gasteiger partial charge in [0.25, 0.3) is 0 Å². The number of hydrogen-bond acceptors (Lipinski definition) is 3. The van der Waals surface area contributed by atoms with Crippen LogP contribution >= 0.6 is 0 Å². The first-order chi connectivity index (χ1) is 5.77. The Bertz CT molecular complexity index is 88.4. The van der Waals surface area contributed by atoms with Gasteiger partial charge >= 0.3 is 0 Å². The Morgan fingerprint density at radius 3 is 2.50 bits per heavy atom. The van der Waals surface area contributed by atoms with Crippen molar-refractivity contribution >= 4 is 0 Å². The van der Waals surface area contributed by atoms with Crippen LogP contribution < -0.4 is 0 Å². The Morgan fingerprint density at radius 1 is 1.25 bits per heavy atom. The van der Waals surface area contributed by atoms with Crippen molar-refractivity contribution in [2.45, 2.75) is 19.5 Å². The van der Waals surface area contributed by atoms with Gasteiger partial charge < -0.3 is 14.2 Å². The first-order valence-corrected chi connectivity index (χ1v) is 4.06. The van der Waals surface area contributed by atoms with Gasteiger partial charge in [0.1, 0.15) is 13.0 Å². The zero-order chi connectivity index (χ0) is 9.23. The highest BCUT2D eigenvalue weighted by atomic mass is 19.1. The molecule has 3 nitrogen and oxygen atoms in total. The fourth-order valence-corrected chi connectivity index (χ4v) is 0.651. The Balaban J connectivity index is 2.82. The molecule has 0 saturated carbocycles. The Kier molecular flexibility index (Phi) is 8.76. The maximum absolute atomic E-state index is 12.2. The van der Waals surface area contributed by atoms with Crippen LogP contribution in [-0.2, 0) is 14.2 Å². The molecule has 0 amide bonds. The molecule has 0 heterocycles. The molecule has 0 saturated heterocycles. The van der Waals surface area contributed by atoms with Crippen molar-refractivity contribution in [2.24, 2.45) is 0 Å². The summed E-state index contributed by atoms with van der Waals surface area (Å²) in [5.41, 5.74) is 0. The highest BCUT2D eigenvalue weighted by Gasteiger charge is 1.96. The SMILES string of the molecule is COCOCCCOCC(C)F. The lowest BCUT2D eigenvalue weighted by Crippen LogP contribution is -2.08. The summed E-state index contributed by atoms with van der Waals surface area (Å²) in [4.78, 5) is 0. The molecule has 1 unspecified atom stereocenters. The van der Waals surface area contributed by atoms with Crippen LogP contribution in [0.5, 0.6) is 0 Å². The summed E-state index contributed by atoms with van der Waals surface area (Å²) >= 11 is 0. The molecule has 74 valence electrons. The van der Waals surface area contributed by atoms with Gasteiger partial charge in [0, 0.05) is 13.7 Å². The van der Waals surface area contributed by atoms with Crippen LogP contribution in [0, 0.1) is 0 Å². The molecule has 0 spiro atoms. The van der Waals surface area contributed by atoms with Crippen LogP contribution in [0.2, 0.25) is 0 Å². The zero-order valence-corrected chi connectivity index (χ0v) is 7.72. The summed E-state index contributed by atoms with van der Waals surface area (Å²) in [6.45, 7) is 3.08. The Morgan fingerprint density at radius 2 is 1.92 bits per heavy atom. The average Bonchev–Trinajstić information content (AvgIpc) is 2.02. The number of rotatable bonds is 8. The smallest absolute Gasteiger partial charge is 0.146 e. The fraction of sp³-hybridized carbons (Fsp3) is 1.00. The Labute approximate surface area is 72.8 Å². The third-order valence-electron chi connectivity index (χ3n) is 1.13. The fourth-order valence-electron chi connectivity index (χ4n) is 0.651. The van der Waals surface area contributed by atoms with Crippen LogP contribution in [0.4, 0.5) is 4.39 Å². The lowest BCUT2D eigenvalue weighted by Gasteiger charge is -2.04. The molecule has 0 N–H and O–H groups in total. The number of ether oxygens (including phenoxy) is 3. The van der Waals surface area contributed by atoms with E-state index < -0.39 is 6.17 Å². The number of halogens is 1. The van der Waals surface area contributed by atoms with Crippen molar-refractivity contribution in [1.29, 1.82) is 0 Å². The maximum atomic E-state index is 12.2. The molecule has 12 heavy (non-hydrogen) atoms. The van der Waals surface area contributed by atoms with Gasteiger partial charge in [0.2, 0.25) is 0 Å². The van der Waals surface area contributed by atoms with E-state index in [1.54, 1.807) is 7.11 Å². The molecule has 0 fully saturated rings. The lowest BCUT2D eigenvalue weighted by atomic mass is 10.4. The molecule has 0 aromatic rings. The molecular weight excluding hydrogens is 163 g/mol. The molecule has 0 aromatic carbocycles. The molecule has 0 rings (SSSR count). The summed E-state index contributed by atoms with van der Waals surface area (Å²) in [6, 6.07) is 0. The number of methoxy groups -OCH3 is 1. The van der Waals surface area contributed by atoms with E-state index in [2.05, 4.69) is 4.74 Å². The first kappa shape index (κ1) is 11.8. The lowest BCUT2D eigenvalue weighted by molar-refractivity contribution is -0.0379. The van der Waals surface area contributed by atoms with E-state index in [-0.39, 0.29) is 6.61 Å². The third-order valence-corrected chi connectivity index (χ3v) is 1.13. The highest BCUT2D eigenvalue weighted by molar-refractivity contribution is 4.42. The van der Waals surface area contributed by atoms with Gasteiger partial charge in [-0.05, 0) is 13.3 Å². The van der Waals surface area contributed by atoms with E-state index in [9.17, 15) is 4.39 Å². The van der Waals surface area contributed by atoms with Gasteiger partial charge in [-0.15, -0.1) is 0 Å². The number of hydrogen-bond donors (Lipinski definition) is 0.